The fourth-order valence-electron chi connectivity index (χ4n) is 2.49. The number of ether oxygens (including phenoxy) is 1. The first-order valence-electron chi connectivity index (χ1n) is 5.85. The molecule has 2 fully saturated rings. The average Bonchev–Trinajstić information content (AvgIpc) is 3.02. The minimum atomic E-state index is -0.388. The smallest absolute Gasteiger partial charge is 0.164 e. The zero-order valence-corrected chi connectivity index (χ0v) is 9.05. The molecular weight excluding hydrogens is 176 g/mol. The Kier molecular flexibility index (Phi) is 2.91. The van der Waals surface area contributed by atoms with Crippen molar-refractivity contribution in [2.75, 3.05) is 7.11 Å². The second-order valence-corrected chi connectivity index (χ2v) is 4.83. The van der Waals surface area contributed by atoms with E-state index in [1.165, 1.54) is 19.3 Å². The molecule has 2 aliphatic rings. The van der Waals surface area contributed by atoms with Crippen LogP contribution in [0, 0.1) is 5.92 Å². The van der Waals surface area contributed by atoms with Crippen LogP contribution in [0.2, 0.25) is 0 Å². The Bertz CT molecular complexity index is 212. The van der Waals surface area contributed by atoms with E-state index in [9.17, 15) is 4.79 Å². The van der Waals surface area contributed by atoms with Gasteiger partial charge in [-0.05, 0) is 31.6 Å². The largest absolute Gasteiger partial charge is 0.370 e. The molecule has 0 aromatic carbocycles. The Morgan fingerprint density at radius 3 is 2.43 bits per heavy atom. The Morgan fingerprint density at radius 2 is 1.93 bits per heavy atom. The van der Waals surface area contributed by atoms with Gasteiger partial charge < -0.3 is 4.74 Å². The fraction of sp³-hybridized carbons (Fsp3) is 0.917. The van der Waals surface area contributed by atoms with E-state index in [0.29, 0.717) is 11.7 Å². The van der Waals surface area contributed by atoms with E-state index in [1.807, 2.05) is 0 Å². The van der Waals surface area contributed by atoms with Gasteiger partial charge >= 0.3 is 0 Å². The third-order valence-electron chi connectivity index (χ3n) is 3.73. The molecule has 0 spiro atoms. The van der Waals surface area contributed by atoms with Crippen molar-refractivity contribution < 1.29 is 9.53 Å². The van der Waals surface area contributed by atoms with Gasteiger partial charge in [-0.1, -0.05) is 19.3 Å². The molecule has 0 N–H and O–H groups in total. The summed E-state index contributed by atoms with van der Waals surface area (Å²) < 4.78 is 5.52. The number of rotatable bonds is 4. The molecule has 2 aliphatic carbocycles. The molecule has 0 aromatic rings. The maximum atomic E-state index is 12.1. The minimum absolute atomic E-state index is 0.377. The second kappa shape index (κ2) is 4.01. The minimum Gasteiger partial charge on any atom is -0.370 e. The van der Waals surface area contributed by atoms with Crippen LogP contribution in [0.1, 0.15) is 51.4 Å². The predicted octanol–water partition coefficient (Wildman–Crippen LogP) is 2.70. The topological polar surface area (TPSA) is 26.3 Å². The van der Waals surface area contributed by atoms with Gasteiger partial charge in [0, 0.05) is 13.5 Å². The molecule has 2 nitrogen and oxygen atoms in total. The lowest BCUT2D eigenvalue weighted by Gasteiger charge is -2.34. The van der Waals surface area contributed by atoms with Crippen LogP contribution < -0.4 is 0 Å². The summed E-state index contributed by atoms with van der Waals surface area (Å²) in [5, 5.41) is 0. The van der Waals surface area contributed by atoms with E-state index in [0.717, 1.165) is 32.1 Å². The molecule has 0 atom stereocenters. The van der Waals surface area contributed by atoms with Crippen molar-refractivity contribution >= 4 is 5.78 Å². The van der Waals surface area contributed by atoms with Crippen molar-refractivity contribution in [3.63, 3.8) is 0 Å². The number of methoxy groups -OCH3 is 1. The van der Waals surface area contributed by atoms with Crippen molar-refractivity contribution in [3.8, 4) is 0 Å². The molecule has 0 saturated heterocycles. The zero-order chi connectivity index (χ0) is 10.0. The summed E-state index contributed by atoms with van der Waals surface area (Å²) >= 11 is 0. The van der Waals surface area contributed by atoms with Gasteiger partial charge in [-0.25, -0.2) is 0 Å². The number of carbonyl (C=O) groups is 1. The highest BCUT2D eigenvalue weighted by Gasteiger charge is 2.41. The van der Waals surface area contributed by atoms with Crippen LogP contribution in [0.4, 0.5) is 0 Å². The third-order valence-corrected chi connectivity index (χ3v) is 3.73. The molecule has 0 radical (unpaired) electrons. The fourth-order valence-corrected chi connectivity index (χ4v) is 2.49. The number of hydrogen-bond acceptors (Lipinski definition) is 2. The Labute approximate surface area is 86.0 Å². The van der Waals surface area contributed by atoms with E-state index < -0.39 is 0 Å². The van der Waals surface area contributed by atoms with E-state index in [2.05, 4.69) is 0 Å². The summed E-state index contributed by atoms with van der Waals surface area (Å²) in [5.74, 6) is 1.07. The summed E-state index contributed by atoms with van der Waals surface area (Å²) in [7, 11) is 1.70. The highest BCUT2D eigenvalue weighted by molar-refractivity contribution is 5.87. The molecule has 80 valence electrons. The lowest BCUT2D eigenvalue weighted by atomic mass is 9.80. The van der Waals surface area contributed by atoms with Crippen molar-refractivity contribution in [2.45, 2.75) is 57.0 Å². The molecular formula is C12H20O2. The predicted molar refractivity (Wildman–Crippen MR) is 55.2 cm³/mol. The second-order valence-electron chi connectivity index (χ2n) is 4.83. The number of carbonyl (C=O) groups excluding carboxylic acids is 1. The average molecular weight is 196 g/mol. The SMILES string of the molecule is COC1(C(=O)CC2CC2)CCCCC1. The van der Waals surface area contributed by atoms with Gasteiger partial charge in [0.25, 0.3) is 0 Å². The van der Waals surface area contributed by atoms with Crippen LogP contribution >= 0.6 is 0 Å². The molecule has 0 aliphatic heterocycles. The van der Waals surface area contributed by atoms with Gasteiger partial charge in [-0.15, -0.1) is 0 Å². The summed E-state index contributed by atoms with van der Waals surface area (Å²) in [4.78, 5) is 12.1. The normalized spacial score (nSPS) is 26.1. The Morgan fingerprint density at radius 1 is 1.29 bits per heavy atom. The van der Waals surface area contributed by atoms with Gasteiger partial charge in [0.05, 0.1) is 0 Å². The maximum absolute atomic E-state index is 12.1. The van der Waals surface area contributed by atoms with Gasteiger partial charge in [0.15, 0.2) is 5.78 Å². The summed E-state index contributed by atoms with van der Waals surface area (Å²) in [6, 6.07) is 0. The van der Waals surface area contributed by atoms with Crippen molar-refractivity contribution in [1.29, 1.82) is 0 Å². The van der Waals surface area contributed by atoms with E-state index in [4.69, 9.17) is 4.74 Å². The quantitative estimate of drug-likeness (QED) is 0.691. The third kappa shape index (κ3) is 2.00. The molecule has 14 heavy (non-hydrogen) atoms. The lowest BCUT2D eigenvalue weighted by molar-refractivity contribution is -0.145. The molecule has 2 saturated carbocycles. The van der Waals surface area contributed by atoms with Gasteiger partial charge in [0.2, 0.25) is 0 Å². The van der Waals surface area contributed by atoms with E-state index in [-0.39, 0.29) is 5.60 Å². The first-order valence-corrected chi connectivity index (χ1v) is 5.85. The van der Waals surface area contributed by atoms with Crippen LogP contribution in [-0.4, -0.2) is 18.5 Å². The van der Waals surface area contributed by atoms with Crippen LogP contribution in [0.25, 0.3) is 0 Å². The number of Topliss-reactive ketones (excluding diaryl/α,β-unsaturated/α-hetero) is 1. The first kappa shape index (κ1) is 10.2. The Balaban J connectivity index is 1.97. The van der Waals surface area contributed by atoms with Crippen LogP contribution in [0.5, 0.6) is 0 Å². The summed E-state index contributed by atoms with van der Waals surface area (Å²) in [6.07, 6.45) is 8.77. The molecule has 0 unspecified atom stereocenters. The molecule has 2 rings (SSSR count). The van der Waals surface area contributed by atoms with Gasteiger partial charge in [-0.3, -0.25) is 4.79 Å². The molecule has 2 heteroatoms. The molecule has 0 aromatic heterocycles. The van der Waals surface area contributed by atoms with Gasteiger partial charge in [-0.2, -0.15) is 0 Å². The lowest BCUT2D eigenvalue weighted by Crippen LogP contribution is -2.42. The number of hydrogen-bond donors (Lipinski definition) is 0. The van der Waals surface area contributed by atoms with Crippen LogP contribution in [0.3, 0.4) is 0 Å². The monoisotopic (exact) mass is 196 g/mol. The standard InChI is InChI=1S/C12H20O2/c1-14-12(7-3-2-4-8-12)11(13)9-10-5-6-10/h10H,2-9H2,1H3. The highest BCUT2D eigenvalue weighted by atomic mass is 16.5. The molecule has 0 bridgehead atoms. The van der Waals surface area contributed by atoms with Crippen molar-refractivity contribution in [3.05, 3.63) is 0 Å². The van der Waals surface area contributed by atoms with Crippen molar-refractivity contribution in [2.24, 2.45) is 5.92 Å². The van der Waals surface area contributed by atoms with Crippen LogP contribution in [0.15, 0.2) is 0 Å². The van der Waals surface area contributed by atoms with Crippen molar-refractivity contribution in [1.82, 2.24) is 0 Å². The maximum Gasteiger partial charge on any atom is 0.164 e. The highest BCUT2D eigenvalue weighted by Crippen LogP contribution is 2.38. The van der Waals surface area contributed by atoms with Gasteiger partial charge in [0.1, 0.15) is 5.60 Å². The summed E-state index contributed by atoms with van der Waals surface area (Å²) in [5.41, 5.74) is -0.388. The first-order chi connectivity index (χ1) is 6.77. The van der Waals surface area contributed by atoms with Crippen LogP contribution in [-0.2, 0) is 9.53 Å². The van der Waals surface area contributed by atoms with E-state index in [1.54, 1.807) is 7.11 Å². The zero-order valence-electron chi connectivity index (χ0n) is 9.05. The Hall–Kier alpha value is -0.370. The molecule has 0 heterocycles. The number of ketones is 1. The molecule has 0 amide bonds. The van der Waals surface area contributed by atoms with E-state index >= 15 is 0 Å². The summed E-state index contributed by atoms with van der Waals surface area (Å²) in [6.45, 7) is 0.